The van der Waals surface area contributed by atoms with E-state index in [1.165, 1.54) is 0 Å². The van der Waals surface area contributed by atoms with Crippen LogP contribution in [0.4, 0.5) is 14.5 Å². The third-order valence-corrected chi connectivity index (χ3v) is 6.01. The molecule has 0 aromatic heterocycles. The molecule has 5 nitrogen and oxygen atoms in total. The van der Waals surface area contributed by atoms with Gasteiger partial charge in [-0.3, -0.25) is 4.21 Å². The van der Waals surface area contributed by atoms with E-state index >= 15 is 0 Å². The number of anilines is 1. The topological polar surface area (TPSA) is 89.3 Å². The average Bonchev–Trinajstić information content (AvgIpc) is 2.38. The molecule has 1 aromatic rings. The SMILES string of the molecule is Nc1c(F)ccc(S(=O)(=O)NC2CCS(=O)CC2)c1F. The second kappa shape index (κ2) is 5.74. The fourth-order valence-corrected chi connectivity index (χ4v) is 4.64. The van der Waals surface area contributed by atoms with Crippen molar-refractivity contribution in [2.45, 2.75) is 23.8 Å². The van der Waals surface area contributed by atoms with Gasteiger partial charge in [-0.25, -0.2) is 21.9 Å². The molecule has 0 bridgehead atoms. The zero-order valence-electron chi connectivity index (χ0n) is 10.4. The number of nitrogen functional groups attached to an aromatic ring is 1. The lowest BCUT2D eigenvalue weighted by Gasteiger charge is -2.22. The Kier molecular flexibility index (Phi) is 4.40. The molecule has 0 atom stereocenters. The molecule has 1 aliphatic rings. The van der Waals surface area contributed by atoms with Gasteiger partial charge in [0.25, 0.3) is 0 Å². The van der Waals surface area contributed by atoms with E-state index in [-0.39, 0.29) is 0 Å². The highest BCUT2D eigenvalue weighted by Crippen LogP contribution is 2.23. The fourth-order valence-electron chi connectivity index (χ4n) is 1.95. The van der Waals surface area contributed by atoms with Crippen LogP contribution in [0.15, 0.2) is 17.0 Å². The van der Waals surface area contributed by atoms with Gasteiger partial charge in [-0.1, -0.05) is 0 Å². The first-order valence-electron chi connectivity index (χ1n) is 5.92. The van der Waals surface area contributed by atoms with Crippen molar-refractivity contribution in [2.75, 3.05) is 17.2 Å². The Hall–Kier alpha value is -1.06. The van der Waals surface area contributed by atoms with E-state index in [9.17, 15) is 21.4 Å². The first-order chi connectivity index (χ1) is 9.31. The molecular weight excluding hydrogens is 310 g/mol. The number of sulfonamides is 1. The summed E-state index contributed by atoms with van der Waals surface area (Å²) in [4.78, 5) is -0.678. The van der Waals surface area contributed by atoms with Gasteiger partial charge in [-0.15, -0.1) is 0 Å². The third-order valence-electron chi connectivity index (χ3n) is 3.09. The molecule has 0 radical (unpaired) electrons. The van der Waals surface area contributed by atoms with Crippen LogP contribution in [0, 0.1) is 11.6 Å². The van der Waals surface area contributed by atoms with Crippen molar-refractivity contribution in [1.82, 2.24) is 4.72 Å². The predicted octanol–water partition coefficient (Wildman–Crippen LogP) is 0.736. The number of benzene rings is 1. The minimum Gasteiger partial charge on any atom is -0.394 e. The van der Waals surface area contributed by atoms with E-state index < -0.39 is 49.1 Å². The van der Waals surface area contributed by atoms with E-state index in [0.717, 1.165) is 12.1 Å². The highest BCUT2D eigenvalue weighted by Gasteiger charge is 2.27. The first kappa shape index (κ1) is 15.3. The van der Waals surface area contributed by atoms with E-state index in [1.807, 2.05) is 0 Å². The lowest BCUT2D eigenvalue weighted by atomic mass is 10.2. The van der Waals surface area contributed by atoms with Crippen LogP contribution in [-0.2, 0) is 20.8 Å². The Morgan fingerprint density at radius 2 is 1.85 bits per heavy atom. The van der Waals surface area contributed by atoms with Crippen LogP contribution in [0.25, 0.3) is 0 Å². The summed E-state index contributed by atoms with van der Waals surface area (Å²) in [5.74, 6) is -1.49. The monoisotopic (exact) mass is 324 g/mol. The summed E-state index contributed by atoms with van der Waals surface area (Å²) in [6, 6.07) is 1.25. The zero-order chi connectivity index (χ0) is 14.9. The number of hydrogen-bond donors (Lipinski definition) is 2. The summed E-state index contributed by atoms with van der Waals surface area (Å²) in [5.41, 5.74) is 4.33. The van der Waals surface area contributed by atoms with Crippen molar-refractivity contribution in [3.8, 4) is 0 Å². The molecular formula is C11H14F2N2O3S2. The molecule has 0 spiro atoms. The Labute approximate surface area is 118 Å². The Morgan fingerprint density at radius 3 is 2.45 bits per heavy atom. The first-order valence-corrected chi connectivity index (χ1v) is 8.89. The second-order valence-electron chi connectivity index (χ2n) is 4.52. The van der Waals surface area contributed by atoms with Crippen molar-refractivity contribution in [2.24, 2.45) is 0 Å². The number of hydrogen-bond acceptors (Lipinski definition) is 4. The summed E-state index contributed by atoms with van der Waals surface area (Å²) in [6.07, 6.45) is 0.842. The highest BCUT2D eigenvalue weighted by atomic mass is 32.2. The average molecular weight is 324 g/mol. The molecule has 112 valence electrons. The highest BCUT2D eigenvalue weighted by molar-refractivity contribution is 7.89. The standard InChI is InChI=1S/C11H14F2N2O3S2/c12-8-1-2-9(10(13)11(8)14)20(17,18)15-7-3-5-19(16)6-4-7/h1-2,7,15H,3-6,14H2. The van der Waals surface area contributed by atoms with Crippen molar-refractivity contribution in [3.05, 3.63) is 23.8 Å². The fraction of sp³-hybridized carbons (Fsp3) is 0.455. The normalized spacial score (nSPS) is 23.7. The van der Waals surface area contributed by atoms with Crippen LogP contribution in [0.3, 0.4) is 0 Å². The summed E-state index contributed by atoms with van der Waals surface area (Å²) >= 11 is 0. The summed E-state index contributed by atoms with van der Waals surface area (Å²) < 4.78 is 64.4. The summed E-state index contributed by atoms with van der Waals surface area (Å²) in [7, 11) is -5.04. The van der Waals surface area contributed by atoms with Gasteiger partial charge in [0.1, 0.15) is 16.4 Å². The molecule has 0 aliphatic carbocycles. The molecule has 20 heavy (non-hydrogen) atoms. The minimum atomic E-state index is -4.12. The van der Waals surface area contributed by atoms with Gasteiger partial charge in [0.05, 0.1) is 0 Å². The lowest BCUT2D eigenvalue weighted by molar-refractivity contribution is 0.512. The summed E-state index contributed by atoms with van der Waals surface area (Å²) in [5, 5.41) is 0. The molecule has 1 aliphatic heterocycles. The van der Waals surface area contributed by atoms with Gasteiger partial charge in [0.2, 0.25) is 10.0 Å². The number of nitrogens with two attached hydrogens (primary N) is 1. The van der Waals surface area contributed by atoms with Gasteiger partial charge in [-0.2, -0.15) is 0 Å². The van der Waals surface area contributed by atoms with Crippen molar-refractivity contribution >= 4 is 26.5 Å². The summed E-state index contributed by atoms with van der Waals surface area (Å²) in [6.45, 7) is 0. The minimum absolute atomic E-state index is 0.400. The maximum absolute atomic E-state index is 13.7. The molecule has 0 amide bonds. The van der Waals surface area contributed by atoms with Crippen molar-refractivity contribution in [3.63, 3.8) is 0 Å². The maximum atomic E-state index is 13.7. The quantitative estimate of drug-likeness (QED) is 0.803. The van der Waals surface area contributed by atoms with E-state index in [1.54, 1.807) is 0 Å². The van der Waals surface area contributed by atoms with Gasteiger partial charge in [-0.05, 0) is 25.0 Å². The second-order valence-corrected chi connectivity index (χ2v) is 7.90. The van der Waals surface area contributed by atoms with E-state index in [0.29, 0.717) is 24.3 Å². The molecule has 1 heterocycles. The lowest BCUT2D eigenvalue weighted by Crippen LogP contribution is -2.39. The zero-order valence-corrected chi connectivity index (χ0v) is 12.1. The Morgan fingerprint density at radius 1 is 1.25 bits per heavy atom. The largest absolute Gasteiger partial charge is 0.394 e. The van der Waals surface area contributed by atoms with E-state index in [4.69, 9.17) is 5.73 Å². The van der Waals surface area contributed by atoms with Crippen LogP contribution < -0.4 is 10.5 Å². The van der Waals surface area contributed by atoms with Crippen LogP contribution in [0.1, 0.15) is 12.8 Å². The third kappa shape index (κ3) is 3.15. The van der Waals surface area contributed by atoms with Crippen LogP contribution in [0.5, 0.6) is 0 Å². The van der Waals surface area contributed by atoms with Gasteiger partial charge in [0, 0.05) is 28.3 Å². The number of rotatable bonds is 3. The van der Waals surface area contributed by atoms with Crippen molar-refractivity contribution in [1.29, 1.82) is 0 Å². The van der Waals surface area contributed by atoms with Gasteiger partial charge >= 0.3 is 0 Å². The van der Waals surface area contributed by atoms with Gasteiger partial charge < -0.3 is 5.73 Å². The Bertz CT molecular complexity index is 639. The number of halogens is 2. The molecule has 0 unspecified atom stereocenters. The van der Waals surface area contributed by atoms with Crippen molar-refractivity contribution < 1.29 is 21.4 Å². The smallest absolute Gasteiger partial charge is 0.243 e. The van der Waals surface area contributed by atoms with E-state index in [2.05, 4.69) is 4.72 Å². The maximum Gasteiger partial charge on any atom is 0.243 e. The molecule has 2 rings (SSSR count). The van der Waals surface area contributed by atoms with Gasteiger partial charge in [0.15, 0.2) is 5.82 Å². The van der Waals surface area contributed by atoms with Crippen LogP contribution in [-0.4, -0.2) is 30.2 Å². The molecule has 9 heteroatoms. The predicted molar refractivity (Wildman–Crippen MR) is 72.0 cm³/mol. The Balaban J connectivity index is 2.23. The molecule has 1 saturated heterocycles. The number of nitrogens with one attached hydrogen (secondary N) is 1. The molecule has 1 fully saturated rings. The molecule has 3 N–H and O–H groups in total. The van der Waals surface area contributed by atoms with Crippen LogP contribution in [0.2, 0.25) is 0 Å². The molecule has 0 saturated carbocycles. The molecule has 1 aromatic carbocycles. The van der Waals surface area contributed by atoms with Crippen LogP contribution >= 0.6 is 0 Å².